The highest BCUT2D eigenvalue weighted by molar-refractivity contribution is 9.10. The lowest BCUT2D eigenvalue weighted by molar-refractivity contribution is 0.0954. The summed E-state index contributed by atoms with van der Waals surface area (Å²) in [6.07, 6.45) is 1.44. The molecule has 0 saturated carbocycles. The van der Waals surface area contributed by atoms with Crippen LogP contribution in [0.25, 0.3) is 0 Å². The van der Waals surface area contributed by atoms with Gasteiger partial charge >= 0.3 is 0 Å². The van der Waals surface area contributed by atoms with Crippen molar-refractivity contribution in [1.29, 1.82) is 0 Å². The van der Waals surface area contributed by atoms with E-state index in [9.17, 15) is 9.90 Å². The molecule has 0 aromatic heterocycles. The topological polar surface area (TPSA) is 89.4 Å². The Morgan fingerprint density at radius 3 is 2.58 bits per heavy atom. The van der Waals surface area contributed by atoms with E-state index in [2.05, 4.69) is 26.5 Å². The molecule has 0 aliphatic carbocycles. The van der Waals surface area contributed by atoms with Crippen molar-refractivity contribution in [3.63, 3.8) is 0 Å². The van der Waals surface area contributed by atoms with Gasteiger partial charge in [-0.1, -0.05) is 0 Å². The Bertz CT molecular complexity index is 823. The third-order valence-corrected chi connectivity index (χ3v) is 3.98. The Morgan fingerprint density at radius 1 is 1.19 bits per heavy atom. The summed E-state index contributed by atoms with van der Waals surface area (Å²) in [5.74, 6) is 0.931. The molecule has 138 valence electrons. The van der Waals surface area contributed by atoms with E-state index in [0.29, 0.717) is 39.5 Å². The number of hydrogen-bond acceptors (Lipinski definition) is 6. The lowest BCUT2D eigenvalue weighted by atomic mass is 10.2. The summed E-state index contributed by atoms with van der Waals surface area (Å²) in [4.78, 5) is 12.2. The molecule has 0 saturated heterocycles. The van der Waals surface area contributed by atoms with E-state index < -0.39 is 5.91 Å². The van der Waals surface area contributed by atoms with Gasteiger partial charge in [0.1, 0.15) is 0 Å². The zero-order valence-electron chi connectivity index (χ0n) is 14.6. The summed E-state index contributed by atoms with van der Waals surface area (Å²) in [7, 11) is 2.98. The molecule has 8 heteroatoms. The number of ether oxygens (including phenoxy) is 3. The van der Waals surface area contributed by atoms with E-state index >= 15 is 0 Å². The molecule has 0 radical (unpaired) electrons. The fourth-order valence-corrected chi connectivity index (χ4v) is 2.60. The summed E-state index contributed by atoms with van der Waals surface area (Å²) in [6.45, 7) is 2.30. The molecule has 0 heterocycles. The van der Waals surface area contributed by atoms with E-state index in [0.717, 1.165) is 0 Å². The maximum atomic E-state index is 12.2. The summed E-state index contributed by atoms with van der Waals surface area (Å²) in [5, 5.41) is 13.7. The zero-order valence-corrected chi connectivity index (χ0v) is 16.2. The van der Waals surface area contributed by atoms with Gasteiger partial charge in [-0.3, -0.25) is 4.79 Å². The second-order valence-electron chi connectivity index (χ2n) is 5.05. The molecule has 0 aliphatic rings. The van der Waals surface area contributed by atoms with Gasteiger partial charge in [-0.05, 0) is 58.7 Å². The molecule has 0 atom stereocenters. The minimum absolute atomic E-state index is 0.00429. The maximum Gasteiger partial charge on any atom is 0.271 e. The van der Waals surface area contributed by atoms with Crippen molar-refractivity contribution in [1.82, 2.24) is 5.43 Å². The number of carbonyl (C=O) groups is 1. The van der Waals surface area contributed by atoms with Crippen molar-refractivity contribution in [2.75, 3.05) is 20.8 Å². The molecular formula is C18H19BrN2O5. The number of methoxy groups -OCH3 is 2. The van der Waals surface area contributed by atoms with Crippen LogP contribution < -0.4 is 19.6 Å². The van der Waals surface area contributed by atoms with Gasteiger partial charge < -0.3 is 19.3 Å². The van der Waals surface area contributed by atoms with Gasteiger partial charge in [0.25, 0.3) is 5.91 Å². The summed E-state index contributed by atoms with van der Waals surface area (Å²) in [6, 6.07) is 8.11. The number of phenolic OH excluding ortho intramolecular Hbond substituents is 1. The number of aromatic hydroxyl groups is 1. The van der Waals surface area contributed by atoms with E-state index in [-0.39, 0.29) is 5.75 Å². The molecule has 2 N–H and O–H groups in total. The van der Waals surface area contributed by atoms with Crippen LogP contribution in [0.4, 0.5) is 0 Å². The van der Waals surface area contributed by atoms with Crippen molar-refractivity contribution in [3.05, 3.63) is 45.9 Å². The Morgan fingerprint density at radius 2 is 1.92 bits per heavy atom. The minimum Gasteiger partial charge on any atom is -0.503 e. The van der Waals surface area contributed by atoms with Crippen LogP contribution in [0.3, 0.4) is 0 Å². The van der Waals surface area contributed by atoms with Crippen molar-refractivity contribution < 1.29 is 24.1 Å². The molecule has 0 aliphatic heterocycles. The van der Waals surface area contributed by atoms with Crippen molar-refractivity contribution in [2.45, 2.75) is 6.92 Å². The molecule has 2 aromatic carbocycles. The Hall–Kier alpha value is -2.74. The third kappa shape index (κ3) is 4.66. The average molecular weight is 423 g/mol. The van der Waals surface area contributed by atoms with Crippen LogP contribution in [-0.2, 0) is 0 Å². The van der Waals surface area contributed by atoms with Gasteiger partial charge in [0.05, 0.1) is 31.5 Å². The fraction of sp³-hybridized carbons (Fsp3) is 0.222. The number of nitrogens with zero attached hydrogens (tertiary/aromatic N) is 1. The highest BCUT2D eigenvalue weighted by Gasteiger charge is 2.11. The molecular weight excluding hydrogens is 404 g/mol. The first-order valence-electron chi connectivity index (χ1n) is 7.70. The van der Waals surface area contributed by atoms with Crippen LogP contribution in [0.2, 0.25) is 0 Å². The second kappa shape index (κ2) is 9.10. The largest absolute Gasteiger partial charge is 0.503 e. The van der Waals surface area contributed by atoms with Crippen LogP contribution in [-0.4, -0.2) is 38.1 Å². The fourth-order valence-electron chi connectivity index (χ4n) is 2.14. The maximum absolute atomic E-state index is 12.2. The number of amides is 1. The van der Waals surface area contributed by atoms with E-state index in [1.807, 2.05) is 6.92 Å². The number of halogens is 1. The molecule has 0 fully saturated rings. The van der Waals surface area contributed by atoms with Crippen molar-refractivity contribution >= 4 is 28.1 Å². The number of benzene rings is 2. The van der Waals surface area contributed by atoms with Crippen molar-refractivity contribution in [2.24, 2.45) is 5.10 Å². The van der Waals surface area contributed by atoms with E-state index in [1.54, 1.807) is 30.3 Å². The van der Waals surface area contributed by atoms with E-state index in [1.165, 1.54) is 20.4 Å². The first-order valence-corrected chi connectivity index (χ1v) is 8.50. The standard InChI is InChI=1S/C18H19BrN2O5/c1-4-26-15-9-12(5-6-14(15)24-2)18(23)21-20-10-11-7-13(19)17(22)16(8-11)25-3/h5-10,22H,4H2,1-3H3,(H,21,23)/b20-10+. The third-order valence-electron chi connectivity index (χ3n) is 3.38. The van der Waals surface area contributed by atoms with Gasteiger partial charge in [0.15, 0.2) is 23.0 Å². The molecule has 0 spiro atoms. The predicted molar refractivity (Wildman–Crippen MR) is 102 cm³/mol. The van der Waals surface area contributed by atoms with Gasteiger partial charge in [-0.2, -0.15) is 5.10 Å². The predicted octanol–water partition coefficient (Wildman–Crippen LogP) is 3.33. The first kappa shape index (κ1) is 19.6. The monoisotopic (exact) mass is 422 g/mol. The van der Waals surface area contributed by atoms with Crippen LogP contribution >= 0.6 is 15.9 Å². The van der Waals surface area contributed by atoms with Crippen molar-refractivity contribution in [3.8, 4) is 23.0 Å². The molecule has 0 bridgehead atoms. The van der Waals surface area contributed by atoms with Crippen LogP contribution in [0, 0.1) is 0 Å². The summed E-state index contributed by atoms with van der Waals surface area (Å²) < 4.78 is 16.2. The van der Waals surface area contributed by atoms with Crippen LogP contribution in [0.5, 0.6) is 23.0 Å². The zero-order chi connectivity index (χ0) is 19.1. The SMILES string of the molecule is CCOc1cc(C(=O)N/N=C/c2cc(Br)c(O)c(OC)c2)ccc1OC. The molecule has 7 nitrogen and oxygen atoms in total. The molecule has 1 amide bonds. The second-order valence-corrected chi connectivity index (χ2v) is 5.91. The number of nitrogens with one attached hydrogen (secondary N) is 1. The number of phenols is 1. The highest BCUT2D eigenvalue weighted by Crippen LogP contribution is 2.34. The number of carbonyl (C=O) groups excluding carboxylic acids is 1. The number of rotatable bonds is 7. The van der Waals surface area contributed by atoms with Gasteiger partial charge in [0.2, 0.25) is 0 Å². The van der Waals surface area contributed by atoms with Gasteiger partial charge in [0, 0.05) is 5.56 Å². The van der Waals surface area contributed by atoms with Gasteiger partial charge in [-0.25, -0.2) is 5.43 Å². The Balaban J connectivity index is 2.12. The highest BCUT2D eigenvalue weighted by atomic mass is 79.9. The normalized spacial score (nSPS) is 10.6. The molecule has 2 aromatic rings. The van der Waals surface area contributed by atoms with Crippen LogP contribution in [0.15, 0.2) is 39.9 Å². The lowest BCUT2D eigenvalue weighted by Gasteiger charge is -2.10. The number of hydrazone groups is 1. The Kier molecular flexibility index (Phi) is 6.85. The lowest BCUT2D eigenvalue weighted by Crippen LogP contribution is -2.17. The quantitative estimate of drug-likeness (QED) is 0.527. The molecule has 0 unspecified atom stereocenters. The summed E-state index contributed by atoms with van der Waals surface area (Å²) in [5.41, 5.74) is 3.46. The summed E-state index contributed by atoms with van der Waals surface area (Å²) >= 11 is 3.23. The smallest absolute Gasteiger partial charge is 0.271 e. The average Bonchev–Trinajstić information content (AvgIpc) is 2.64. The Labute approximate surface area is 159 Å². The molecule has 2 rings (SSSR count). The van der Waals surface area contributed by atoms with E-state index in [4.69, 9.17) is 14.2 Å². The minimum atomic E-state index is -0.394. The number of hydrogen-bond donors (Lipinski definition) is 2. The molecule has 26 heavy (non-hydrogen) atoms. The van der Waals surface area contributed by atoms with Gasteiger partial charge in [-0.15, -0.1) is 0 Å². The first-order chi connectivity index (χ1) is 12.5. The van der Waals surface area contributed by atoms with Crippen LogP contribution in [0.1, 0.15) is 22.8 Å².